The van der Waals surface area contributed by atoms with E-state index in [-0.39, 0.29) is 0 Å². The molecule has 1 aromatic carbocycles. The van der Waals surface area contributed by atoms with Crippen molar-refractivity contribution < 1.29 is 0 Å². The highest BCUT2D eigenvalue weighted by molar-refractivity contribution is 5.80. The third-order valence-electron chi connectivity index (χ3n) is 6.66. The van der Waals surface area contributed by atoms with E-state index in [4.69, 9.17) is 4.99 Å². The Kier molecular flexibility index (Phi) is 6.73. The maximum absolute atomic E-state index is 4.96. The quantitative estimate of drug-likeness (QED) is 0.585. The minimum absolute atomic E-state index is 0.544. The highest BCUT2D eigenvalue weighted by Gasteiger charge is 2.30. The van der Waals surface area contributed by atoms with Crippen LogP contribution in [0.1, 0.15) is 45.4 Å². The Hall–Kier alpha value is -1.75. The summed E-state index contributed by atoms with van der Waals surface area (Å²) in [6.45, 7) is 8.68. The molecule has 2 saturated heterocycles. The summed E-state index contributed by atoms with van der Waals surface area (Å²) in [4.78, 5) is 10.2. The molecule has 4 rings (SSSR count). The van der Waals surface area contributed by atoms with Gasteiger partial charge in [-0.15, -0.1) is 0 Å². The van der Waals surface area contributed by atoms with Crippen molar-refractivity contribution in [3.8, 4) is 0 Å². The van der Waals surface area contributed by atoms with Crippen LogP contribution in [0, 0.1) is 5.92 Å². The maximum atomic E-state index is 4.96. The fourth-order valence-corrected chi connectivity index (χ4v) is 5.09. The van der Waals surface area contributed by atoms with Crippen molar-refractivity contribution in [1.29, 1.82) is 0 Å². The van der Waals surface area contributed by atoms with Gasteiger partial charge in [0.05, 0.1) is 0 Å². The summed E-state index contributed by atoms with van der Waals surface area (Å²) in [5.74, 6) is 1.66. The molecule has 1 saturated carbocycles. The molecule has 2 N–H and O–H groups in total. The van der Waals surface area contributed by atoms with Gasteiger partial charge in [-0.25, -0.2) is 0 Å². The van der Waals surface area contributed by atoms with Crippen LogP contribution in [0.4, 0.5) is 5.69 Å². The van der Waals surface area contributed by atoms with Crippen LogP contribution in [-0.4, -0.2) is 62.2 Å². The molecule has 0 radical (unpaired) electrons. The van der Waals surface area contributed by atoms with E-state index < -0.39 is 0 Å². The topological polar surface area (TPSA) is 42.9 Å². The number of guanidine groups is 1. The number of anilines is 1. The minimum Gasteiger partial charge on any atom is -0.371 e. The first-order valence-corrected chi connectivity index (χ1v) is 11.4. The third-order valence-corrected chi connectivity index (χ3v) is 6.66. The number of nitrogens with zero attached hydrogens (tertiary/aromatic N) is 3. The van der Waals surface area contributed by atoms with Crippen molar-refractivity contribution in [3.05, 3.63) is 30.3 Å². The van der Waals surface area contributed by atoms with Crippen LogP contribution < -0.4 is 15.5 Å². The second-order valence-electron chi connectivity index (χ2n) is 8.72. The van der Waals surface area contributed by atoms with Crippen molar-refractivity contribution >= 4 is 11.6 Å². The Bertz CT molecular complexity index is 625. The molecule has 2 unspecified atom stereocenters. The molecule has 3 fully saturated rings. The van der Waals surface area contributed by atoms with E-state index in [9.17, 15) is 0 Å². The molecule has 0 spiro atoms. The maximum Gasteiger partial charge on any atom is 0.191 e. The fraction of sp³-hybridized carbons (Fsp3) is 0.696. The zero-order chi connectivity index (χ0) is 19.2. The molecule has 3 aliphatic rings. The summed E-state index contributed by atoms with van der Waals surface area (Å²) in [5.41, 5.74) is 1.34. The van der Waals surface area contributed by atoms with Gasteiger partial charge in [-0.3, -0.25) is 9.89 Å². The molecule has 0 aromatic heterocycles. The standard InChI is InChI=1S/C23H37N5/c1-2-24-23(26-20-13-15-28(18-20)22-10-6-7-11-22)25-16-19-12-14-27(17-19)21-8-4-3-5-9-21/h3-5,8-9,19-20,22H,2,6-7,10-18H2,1H3,(H2,24,25,26). The van der Waals surface area contributed by atoms with Gasteiger partial charge < -0.3 is 15.5 Å². The monoisotopic (exact) mass is 383 g/mol. The molecule has 0 bridgehead atoms. The van der Waals surface area contributed by atoms with Crippen LogP contribution in [0.5, 0.6) is 0 Å². The van der Waals surface area contributed by atoms with Crippen molar-refractivity contribution in [1.82, 2.24) is 15.5 Å². The van der Waals surface area contributed by atoms with Gasteiger partial charge >= 0.3 is 0 Å². The summed E-state index contributed by atoms with van der Waals surface area (Å²) in [6.07, 6.45) is 8.12. The normalized spacial score (nSPS) is 26.9. The lowest BCUT2D eigenvalue weighted by Gasteiger charge is -2.24. The van der Waals surface area contributed by atoms with E-state index >= 15 is 0 Å². The molecule has 154 valence electrons. The Morgan fingerprint density at radius 3 is 2.64 bits per heavy atom. The highest BCUT2D eigenvalue weighted by Crippen LogP contribution is 2.26. The van der Waals surface area contributed by atoms with Gasteiger partial charge in [-0.2, -0.15) is 0 Å². The van der Waals surface area contributed by atoms with Crippen molar-refractivity contribution in [2.45, 2.75) is 57.5 Å². The number of benzene rings is 1. The highest BCUT2D eigenvalue weighted by atomic mass is 15.3. The van der Waals surface area contributed by atoms with Gasteiger partial charge in [-0.1, -0.05) is 31.0 Å². The smallest absolute Gasteiger partial charge is 0.191 e. The number of rotatable bonds is 6. The van der Waals surface area contributed by atoms with Crippen LogP contribution in [0.15, 0.2) is 35.3 Å². The Balaban J connectivity index is 1.26. The predicted molar refractivity (Wildman–Crippen MR) is 118 cm³/mol. The van der Waals surface area contributed by atoms with Crippen LogP contribution in [0.3, 0.4) is 0 Å². The lowest BCUT2D eigenvalue weighted by molar-refractivity contribution is 0.242. The molecule has 1 aromatic rings. The SMILES string of the molecule is CCNC(=NCC1CCN(c2ccccc2)C1)NC1CCN(C2CCCC2)C1. The van der Waals surface area contributed by atoms with Crippen LogP contribution >= 0.6 is 0 Å². The summed E-state index contributed by atoms with van der Waals surface area (Å²) in [7, 11) is 0. The molecule has 2 aliphatic heterocycles. The lowest BCUT2D eigenvalue weighted by atomic mass is 10.1. The summed E-state index contributed by atoms with van der Waals surface area (Å²) >= 11 is 0. The van der Waals surface area contributed by atoms with E-state index in [1.165, 1.54) is 57.3 Å². The second kappa shape index (κ2) is 9.64. The molecular weight excluding hydrogens is 346 g/mol. The number of hydrogen-bond acceptors (Lipinski definition) is 3. The Morgan fingerprint density at radius 2 is 1.86 bits per heavy atom. The van der Waals surface area contributed by atoms with E-state index in [2.05, 4.69) is 57.7 Å². The van der Waals surface area contributed by atoms with Gasteiger partial charge in [0.2, 0.25) is 0 Å². The van der Waals surface area contributed by atoms with Gasteiger partial charge in [0.25, 0.3) is 0 Å². The predicted octanol–water partition coefficient (Wildman–Crippen LogP) is 3.08. The number of para-hydroxylation sites is 1. The number of hydrogen-bond donors (Lipinski definition) is 2. The molecule has 5 heteroatoms. The number of aliphatic imine (C=N–C) groups is 1. The minimum atomic E-state index is 0.544. The first-order chi connectivity index (χ1) is 13.8. The van der Waals surface area contributed by atoms with Crippen molar-refractivity contribution in [2.75, 3.05) is 44.2 Å². The average Bonchev–Trinajstić information content (AvgIpc) is 3.48. The Morgan fingerprint density at radius 1 is 1.04 bits per heavy atom. The third kappa shape index (κ3) is 4.99. The summed E-state index contributed by atoms with van der Waals surface area (Å²) < 4.78 is 0. The van der Waals surface area contributed by atoms with Crippen molar-refractivity contribution in [3.63, 3.8) is 0 Å². The van der Waals surface area contributed by atoms with Crippen molar-refractivity contribution in [2.24, 2.45) is 10.9 Å². The molecule has 2 atom stereocenters. The largest absolute Gasteiger partial charge is 0.371 e. The first kappa shape index (κ1) is 19.6. The molecule has 0 amide bonds. The summed E-state index contributed by atoms with van der Waals surface area (Å²) in [5, 5.41) is 7.19. The average molecular weight is 384 g/mol. The van der Waals surface area contributed by atoms with Crippen LogP contribution in [-0.2, 0) is 0 Å². The second-order valence-corrected chi connectivity index (χ2v) is 8.72. The zero-order valence-corrected chi connectivity index (χ0v) is 17.4. The Labute approximate surface area is 170 Å². The van der Waals surface area contributed by atoms with Gasteiger partial charge in [0.1, 0.15) is 0 Å². The lowest BCUT2D eigenvalue weighted by Crippen LogP contribution is -2.45. The van der Waals surface area contributed by atoms with E-state index in [1.54, 1.807) is 0 Å². The molecular formula is C23H37N5. The molecule has 1 aliphatic carbocycles. The molecule has 28 heavy (non-hydrogen) atoms. The van der Waals surface area contributed by atoms with Gasteiger partial charge in [0, 0.05) is 57.0 Å². The first-order valence-electron chi connectivity index (χ1n) is 11.4. The van der Waals surface area contributed by atoms with Crippen LogP contribution in [0.25, 0.3) is 0 Å². The molecule has 5 nitrogen and oxygen atoms in total. The zero-order valence-electron chi connectivity index (χ0n) is 17.4. The van der Waals surface area contributed by atoms with Gasteiger partial charge in [-0.05, 0) is 50.7 Å². The van der Waals surface area contributed by atoms with Crippen LogP contribution in [0.2, 0.25) is 0 Å². The molecule has 2 heterocycles. The number of likely N-dealkylation sites (tertiary alicyclic amines) is 1. The van der Waals surface area contributed by atoms with E-state index in [0.717, 1.165) is 38.2 Å². The fourth-order valence-electron chi connectivity index (χ4n) is 5.09. The summed E-state index contributed by atoms with van der Waals surface area (Å²) in [6, 6.07) is 12.2. The van der Waals surface area contributed by atoms with Gasteiger partial charge in [0.15, 0.2) is 5.96 Å². The number of nitrogens with one attached hydrogen (secondary N) is 2. The van der Waals surface area contributed by atoms with E-state index in [1.807, 2.05) is 0 Å². The van der Waals surface area contributed by atoms with E-state index in [0.29, 0.717) is 12.0 Å².